The van der Waals surface area contributed by atoms with Crippen LogP contribution in [0.2, 0.25) is 0 Å². The van der Waals surface area contributed by atoms with E-state index in [9.17, 15) is 9.59 Å². The first-order chi connectivity index (χ1) is 16.5. The predicted octanol–water partition coefficient (Wildman–Crippen LogP) is 5.02. The second-order valence-corrected chi connectivity index (χ2v) is 9.89. The van der Waals surface area contributed by atoms with Gasteiger partial charge in [0.25, 0.3) is 5.91 Å². The third kappa shape index (κ3) is 5.40. The zero-order valence-electron chi connectivity index (χ0n) is 20.1. The Balaban J connectivity index is 1.59. The van der Waals surface area contributed by atoms with Crippen molar-refractivity contribution in [3.8, 4) is 0 Å². The van der Waals surface area contributed by atoms with Crippen LogP contribution in [-0.4, -0.2) is 55.0 Å². The Morgan fingerprint density at radius 2 is 1.71 bits per heavy atom. The van der Waals surface area contributed by atoms with Crippen molar-refractivity contribution < 1.29 is 14.3 Å². The van der Waals surface area contributed by atoms with E-state index in [0.29, 0.717) is 31.7 Å². The molecule has 2 heterocycles. The molecule has 6 heteroatoms. The fourth-order valence-electron chi connectivity index (χ4n) is 4.48. The largest absolute Gasteiger partial charge is 0.385 e. The van der Waals surface area contributed by atoms with Crippen LogP contribution in [-0.2, 0) is 16.0 Å². The topological polar surface area (TPSA) is 49.9 Å². The number of nitrogens with zero attached hydrogens (tertiary/aromatic N) is 2. The molecular weight excluding hydrogens is 444 g/mol. The molecule has 1 aliphatic heterocycles. The minimum atomic E-state index is -0.126. The van der Waals surface area contributed by atoms with Gasteiger partial charge in [-0.3, -0.25) is 9.59 Å². The molecule has 0 fully saturated rings. The molecule has 1 aliphatic rings. The average molecular weight is 477 g/mol. The lowest BCUT2D eigenvalue weighted by molar-refractivity contribution is -0.134. The number of carbonyl (C=O) groups excluding carboxylic acids is 2. The average Bonchev–Trinajstić information content (AvgIpc) is 3.32. The highest BCUT2D eigenvalue weighted by Crippen LogP contribution is 2.38. The highest BCUT2D eigenvalue weighted by molar-refractivity contribution is 7.10. The molecule has 1 aromatic heterocycles. The monoisotopic (exact) mass is 476 g/mol. The summed E-state index contributed by atoms with van der Waals surface area (Å²) < 4.78 is 5.20. The molecular formula is C28H32N2O3S. The molecule has 0 N–H and O–H groups in total. The summed E-state index contributed by atoms with van der Waals surface area (Å²) in [7, 11) is 1.65. The Labute approximate surface area is 206 Å². The van der Waals surface area contributed by atoms with Gasteiger partial charge in [-0.05, 0) is 61.4 Å². The Bertz CT molecular complexity index is 1120. The number of methoxy groups -OCH3 is 1. The molecule has 1 atom stereocenters. The molecule has 0 bridgehead atoms. The molecule has 0 spiro atoms. The Hall–Kier alpha value is -2.96. The van der Waals surface area contributed by atoms with Gasteiger partial charge in [-0.25, -0.2) is 0 Å². The lowest BCUT2D eigenvalue weighted by Gasteiger charge is -2.37. The summed E-state index contributed by atoms with van der Waals surface area (Å²) in [6.07, 6.45) is 1.52. The molecule has 0 saturated heterocycles. The molecule has 0 radical (unpaired) electrons. The zero-order valence-corrected chi connectivity index (χ0v) is 20.9. The third-order valence-electron chi connectivity index (χ3n) is 6.37. The van der Waals surface area contributed by atoms with Crippen LogP contribution in [0, 0.1) is 13.8 Å². The summed E-state index contributed by atoms with van der Waals surface area (Å²) in [5.74, 6) is -0.148. The van der Waals surface area contributed by atoms with Gasteiger partial charge in [0.05, 0.1) is 6.04 Å². The van der Waals surface area contributed by atoms with E-state index in [0.717, 1.165) is 17.5 Å². The standard InChI is InChI=1S/C28H32N2O3S/c1-20-5-9-22(10-6-20)27-24-14-18-34-25(24)13-16-30(27)26(31)19-29(15-4-17-33-3)28(32)23-11-7-21(2)8-12-23/h5-12,14,18,27H,4,13,15-17,19H2,1-3H3. The van der Waals surface area contributed by atoms with E-state index >= 15 is 0 Å². The van der Waals surface area contributed by atoms with Crippen molar-refractivity contribution in [1.29, 1.82) is 0 Å². The summed E-state index contributed by atoms with van der Waals surface area (Å²) in [6, 6.07) is 17.9. The van der Waals surface area contributed by atoms with Crippen LogP contribution in [0.5, 0.6) is 0 Å². The number of hydrogen-bond donors (Lipinski definition) is 0. The van der Waals surface area contributed by atoms with Gasteiger partial charge in [-0.2, -0.15) is 0 Å². The number of ether oxygens (including phenoxy) is 1. The van der Waals surface area contributed by atoms with Gasteiger partial charge in [0.15, 0.2) is 0 Å². The number of carbonyl (C=O) groups is 2. The van der Waals surface area contributed by atoms with Gasteiger partial charge < -0.3 is 14.5 Å². The second kappa shape index (κ2) is 11.0. The Morgan fingerprint density at radius 3 is 2.38 bits per heavy atom. The molecule has 1 unspecified atom stereocenters. The highest BCUT2D eigenvalue weighted by atomic mass is 32.1. The number of rotatable bonds is 8. The van der Waals surface area contributed by atoms with Gasteiger partial charge >= 0.3 is 0 Å². The van der Waals surface area contributed by atoms with E-state index in [1.807, 2.05) is 36.1 Å². The van der Waals surface area contributed by atoms with Crippen LogP contribution < -0.4 is 0 Å². The number of amides is 2. The quantitative estimate of drug-likeness (QED) is 0.429. The van der Waals surface area contributed by atoms with Gasteiger partial charge in [0.1, 0.15) is 6.54 Å². The molecule has 0 aliphatic carbocycles. The van der Waals surface area contributed by atoms with Crippen LogP contribution in [0.25, 0.3) is 0 Å². The number of benzene rings is 2. The first-order valence-electron chi connectivity index (χ1n) is 11.7. The minimum absolute atomic E-state index is 0.0275. The SMILES string of the molecule is COCCCN(CC(=O)N1CCc2sccc2C1c1ccc(C)cc1)C(=O)c1ccc(C)cc1. The normalized spacial score (nSPS) is 15.1. The van der Waals surface area contributed by atoms with E-state index in [-0.39, 0.29) is 24.4 Å². The van der Waals surface area contributed by atoms with Crippen LogP contribution in [0.4, 0.5) is 0 Å². The van der Waals surface area contributed by atoms with Crippen LogP contribution in [0.1, 0.15) is 50.0 Å². The molecule has 3 aromatic rings. The van der Waals surface area contributed by atoms with Crippen molar-refractivity contribution in [2.75, 3.05) is 33.4 Å². The van der Waals surface area contributed by atoms with Crippen molar-refractivity contribution in [3.05, 3.63) is 92.7 Å². The zero-order chi connectivity index (χ0) is 24.1. The summed E-state index contributed by atoms with van der Waals surface area (Å²) in [4.78, 5) is 32.0. The minimum Gasteiger partial charge on any atom is -0.385 e. The third-order valence-corrected chi connectivity index (χ3v) is 7.36. The van der Waals surface area contributed by atoms with Crippen LogP contribution in [0.15, 0.2) is 60.0 Å². The molecule has 2 amide bonds. The molecule has 2 aromatic carbocycles. The Morgan fingerprint density at radius 1 is 1.03 bits per heavy atom. The number of hydrogen-bond acceptors (Lipinski definition) is 4. The lowest BCUT2D eigenvalue weighted by Crippen LogP contribution is -2.47. The van der Waals surface area contributed by atoms with E-state index < -0.39 is 0 Å². The number of thiophene rings is 1. The Kier molecular flexibility index (Phi) is 7.80. The van der Waals surface area contributed by atoms with Crippen molar-refractivity contribution in [2.45, 2.75) is 32.7 Å². The number of fused-ring (bicyclic) bond motifs is 1. The smallest absolute Gasteiger partial charge is 0.254 e. The van der Waals surface area contributed by atoms with Crippen molar-refractivity contribution >= 4 is 23.2 Å². The van der Waals surface area contributed by atoms with Gasteiger partial charge in [-0.15, -0.1) is 11.3 Å². The van der Waals surface area contributed by atoms with E-state index in [2.05, 4.69) is 42.6 Å². The summed E-state index contributed by atoms with van der Waals surface area (Å²) >= 11 is 1.76. The van der Waals surface area contributed by atoms with Gasteiger partial charge in [0, 0.05) is 37.2 Å². The first-order valence-corrected chi connectivity index (χ1v) is 12.6. The predicted molar refractivity (Wildman–Crippen MR) is 136 cm³/mol. The number of aryl methyl sites for hydroxylation is 2. The fourth-order valence-corrected chi connectivity index (χ4v) is 5.38. The van der Waals surface area contributed by atoms with Gasteiger partial charge in [0.2, 0.25) is 5.91 Å². The summed E-state index contributed by atoms with van der Waals surface area (Å²) in [5, 5.41) is 2.11. The molecule has 0 saturated carbocycles. The van der Waals surface area contributed by atoms with Gasteiger partial charge in [-0.1, -0.05) is 47.5 Å². The lowest BCUT2D eigenvalue weighted by atomic mass is 9.92. The first kappa shape index (κ1) is 24.2. The van der Waals surface area contributed by atoms with Crippen LogP contribution in [0.3, 0.4) is 0 Å². The highest BCUT2D eigenvalue weighted by Gasteiger charge is 2.34. The fraction of sp³-hybridized carbons (Fsp3) is 0.357. The molecule has 5 nitrogen and oxygen atoms in total. The maximum Gasteiger partial charge on any atom is 0.254 e. The maximum absolute atomic E-state index is 13.7. The van der Waals surface area contributed by atoms with Crippen LogP contribution >= 0.6 is 11.3 Å². The second-order valence-electron chi connectivity index (χ2n) is 8.89. The van der Waals surface area contributed by atoms with E-state index in [1.54, 1.807) is 23.3 Å². The van der Waals surface area contributed by atoms with E-state index in [4.69, 9.17) is 4.74 Å². The maximum atomic E-state index is 13.7. The van der Waals surface area contributed by atoms with E-state index in [1.165, 1.54) is 16.0 Å². The molecule has 34 heavy (non-hydrogen) atoms. The van der Waals surface area contributed by atoms with Crippen molar-refractivity contribution in [3.63, 3.8) is 0 Å². The molecule has 178 valence electrons. The van der Waals surface area contributed by atoms with Crippen molar-refractivity contribution in [2.24, 2.45) is 0 Å². The molecule has 4 rings (SSSR count). The summed E-state index contributed by atoms with van der Waals surface area (Å²) in [6.45, 7) is 5.78. The van der Waals surface area contributed by atoms with Crippen molar-refractivity contribution in [1.82, 2.24) is 9.80 Å². The summed E-state index contributed by atoms with van der Waals surface area (Å²) in [5.41, 5.74) is 5.19.